The predicted octanol–water partition coefficient (Wildman–Crippen LogP) is 4.68. The molecular weight excluding hydrogens is 348 g/mol. The molecule has 5 nitrogen and oxygen atoms in total. The largest absolute Gasteiger partial charge is 0.322 e. The van der Waals surface area contributed by atoms with E-state index in [0.29, 0.717) is 12.6 Å². The quantitative estimate of drug-likeness (QED) is 0.791. The third-order valence-corrected chi connectivity index (χ3v) is 5.54. The van der Waals surface area contributed by atoms with E-state index in [2.05, 4.69) is 47.2 Å². The monoisotopic (exact) mass is 380 g/mol. The van der Waals surface area contributed by atoms with Gasteiger partial charge in [0.1, 0.15) is 0 Å². The number of pyridine rings is 1. The van der Waals surface area contributed by atoms with E-state index in [4.69, 9.17) is 0 Å². The van der Waals surface area contributed by atoms with Gasteiger partial charge in [0.2, 0.25) is 0 Å². The zero-order valence-electron chi connectivity index (χ0n) is 17.3. The molecule has 0 aliphatic carbocycles. The first kappa shape index (κ1) is 20.3. The zero-order chi connectivity index (χ0) is 19.9. The van der Waals surface area contributed by atoms with Crippen LogP contribution in [-0.4, -0.2) is 40.4 Å². The third kappa shape index (κ3) is 5.55. The van der Waals surface area contributed by atoms with E-state index in [1.165, 1.54) is 30.4 Å². The summed E-state index contributed by atoms with van der Waals surface area (Å²) in [7, 11) is 1.80. The predicted molar refractivity (Wildman–Crippen MR) is 114 cm³/mol. The lowest BCUT2D eigenvalue weighted by molar-refractivity contribution is 0.152. The number of benzene rings is 1. The number of urea groups is 1. The van der Waals surface area contributed by atoms with Crippen LogP contribution in [0.15, 0.2) is 42.6 Å². The van der Waals surface area contributed by atoms with Crippen molar-refractivity contribution in [2.45, 2.75) is 58.7 Å². The minimum Gasteiger partial charge on any atom is -0.322 e. The Morgan fingerprint density at radius 1 is 1.25 bits per heavy atom. The summed E-state index contributed by atoms with van der Waals surface area (Å²) in [6.45, 7) is 7.00. The molecule has 1 N–H and O–H groups in total. The van der Waals surface area contributed by atoms with Crippen LogP contribution in [0.5, 0.6) is 0 Å². The lowest BCUT2D eigenvalue weighted by atomic mass is 10.0. The summed E-state index contributed by atoms with van der Waals surface area (Å²) < 4.78 is 0. The van der Waals surface area contributed by atoms with E-state index < -0.39 is 0 Å². The minimum atomic E-state index is -0.121. The SMILES string of the molecule is CCc1ccc(CN(C)C(=O)Nc2cccc(CN3CCCC[C@@H]3C)c2)nc1. The van der Waals surface area contributed by atoms with Crippen LogP contribution in [0.25, 0.3) is 0 Å². The van der Waals surface area contributed by atoms with Gasteiger partial charge in [0.25, 0.3) is 0 Å². The van der Waals surface area contributed by atoms with E-state index in [-0.39, 0.29) is 6.03 Å². The van der Waals surface area contributed by atoms with E-state index in [0.717, 1.165) is 30.9 Å². The number of likely N-dealkylation sites (tertiary alicyclic amines) is 1. The number of rotatable bonds is 6. The van der Waals surface area contributed by atoms with Gasteiger partial charge in [0, 0.05) is 31.5 Å². The van der Waals surface area contributed by atoms with Crippen molar-refractivity contribution in [2.75, 3.05) is 18.9 Å². The molecule has 2 aromatic rings. The van der Waals surface area contributed by atoms with Crippen molar-refractivity contribution in [3.8, 4) is 0 Å². The van der Waals surface area contributed by atoms with Gasteiger partial charge in [-0.25, -0.2) is 4.79 Å². The van der Waals surface area contributed by atoms with Crippen LogP contribution in [0.2, 0.25) is 0 Å². The Kier molecular flexibility index (Phi) is 7.04. The molecule has 0 saturated carbocycles. The Bertz CT molecular complexity index is 774. The van der Waals surface area contributed by atoms with Crippen LogP contribution in [0.4, 0.5) is 10.5 Å². The molecule has 1 fully saturated rings. The lowest BCUT2D eigenvalue weighted by Gasteiger charge is -2.33. The van der Waals surface area contributed by atoms with Crippen LogP contribution >= 0.6 is 0 Å². The second-order valence-corrected chi connectivity index (χ2v) is 7.81. The van der Waals surface area contributed by atoms with Gasteiger partial charge in [-0.15, -0.1) is 0 Å². The fourth-order valence-corrected chi connectivity index (χ4v) is 3.67. The first-order valence-corrected chi connectivity index (χ1v) is 10.3. The Morgan fingerprint density at radius 3 is 2.82 bits per heavy atom. The van der Waals surface area contributed by atoms with Gasteiger partial charge in [-0.1, -0.05) is 31.5 Å². The summed E-state index contributed by atoms with van der Waals surface area (Å²) in [6, 6.07) is 12.8. The van der Waals surface area contributed by atoms with Crippen molar-refractivity contribution in [1.29, 1.82) is 0 Å². The molecule has 0 spiro atoms. The van der Waals surface area contributed by atoms with Crippen molar-refractivity contribution in [3.63, 3.8) is 0 Å². The molecule has 1 aliphatic rings. The molecule has 0 unspecified atom stereocenters. The highest BCUT2D eigenvalue weighted by Gasteiger charge is 2.18. The van der Waals surface area contributed by atoms with Crippen LogP contribution in [0.3, 0.4) is 0 Å². The van der Waals surface area contributed by atoms with E-state index in [1.807, 2.05) is 24.4 Å². The molecule has 3 rings (SSSR count). The molecule has 0 bridgehead atoms. The van der Waals surface area contributed by atoms with Crippen LogP contribution in [0.1, 0.15) is 49.9 Å². The van der Waals surface area contributed by atoms with Crippen molar-refractivity contribution in [3.05, 3.63) is 59.4 Å². The maximum atomic E-state index is 12.6. The number of aryl methyl sites for hydroxylation is 1. The molecule has 1 aromatic carbocycles. The molecule has 1 atom stereocenters. The Hall–Kier alpha value is -2.40. The van der Waals surface area contributed by atoms with Crippen molar-refractivity contribution >= 4 is 11.7 Å². The molecule has 5 heteroatoms. The average molecular weight is 381 g/mol. The first-order chi connectivity index (χ1) is 13.5. The van der Waals surface area contributed by atoms with Gasteiger partial charge < -0.3 is 10.2 Å². The number of hydrogen-bond acceptors (Lipinski definition) is 3. The molecule has 1 aromatic heterocycles. The number of hydrogen-bond donors (Lipinski definition) is 1. The Morgan fingerprint density at radius 2 is 2.11 bits per heavy atom. The molecule has 0 radical (unpaired) electrons. The summed E-state index contributed by atoms with van der Waals surface area (Å²) >= 11 is 0. The number of nitrogens with zero attached hydrogens (tertiary/aromatic N) is 3. The molecule has 2 amide bonds. The Labute approximate surface area is 168 Å². The standard InChI is InChI=1S/C23H32N4O/c1-4-19-11-12-22(24-15-19)17-26(3)23(28)25-21-10-7-9-20(14-21)16-27-13-6-5-8-18(27)2/h7,9-12,14-15,18H,4-6,8,13,16-17H2,1-3H3,(H,25,28)/t18-/m0/s1. The fraction of sp³-hybridized carbons (Fsp3) is 0.478. The molecule has 2 heterocycles. The summed E-state index contributed by atoms with van der Waals surface area (Å²) in [5.41, 5.74) is 4.18. The van der Waals surface area contributed by atoms with E-state index >= 15 is 0 Å². The summed E-state index contributed by atoms with van der Waals surface area (Å²) in [5.74, 6) is 0. The number of nitrogens with one attached hydrogen (secondary N) is 1. The molecule has 1 aliphatic heterocycles. The van der Waals surface area contributed by atoms with Gasteiger partial charge >= 0.3 is 6.03 Å². The number of piperidine rings is 1. The number of aromatic nitrogens is 1. The second kappa shape index (κ2) is 9.69. The highest BCUT2D eigenvalue weighted by atomic mass is 16.2. The van der Waals surface area contributed by atoms with E-state index in [1.54, 1.807) is 11.9 Å². The normalized spacial score (nSPS) is 17.3. The molecular formula is C23H32N4O. The smallest absolute Gasteiger partial charge is 0.321 e. The van der Waals surface area contributed by atoms with Gasteiger partial charge in [-0.2, -0.15) is 0 Å². The van der Waals surface area contributed by atoms with Gasteiger partial charge in [0.05, 0.1) is 12.2 Å². The van der Waals surface area contributed by atoms with Crippen LogP contribution < -0.4 is 5.32 Å². The second-order valence-electron chi connectivity index (χ2n) is 7.81. The topological polar surface area (TPSA) is 48.5 Å². The number of carbonyl (C=O) groups is 1. The van der Waals surface area contributed by atoms with Gasteiger partial charge in [0.15, 0.2) is 0 Å². The number of amides is 2. The zero-order valence-corrected chi connectivity index (χ0v) is 17.3. The van der Waals surface area contributed by atoms with Crippen molar-refractivity contribution < 1.29 is 4.79 Å². The fourth-order valence-electron chi connectivity index (χ4n) is 3.67. The van der Waals surface area contributed by atoms with Crippen LogP contribution in [-0.2, 0) is 19.5 Å². The van der Waals surface area contributed by atoms with Gasteiger partial charge in [-0.3, -0.25) is 9.88 Å². The minimum absolute atomic E-state index is 0.121. The summed E-state index contributed by atoms with van der Waals surface area (Å²) in [5, 5.41) is 3.01. The molecule has 150 valence electrons. The Balaban J connectivity index is 1.56. The van der Waals surface area contributed by atoms with Crippen LogP contribution in [0, 0.1) is 0 Å². The summed E-state index contributed by atoms with van der Waals surface area (Å²) in [6.07, 6.45) is 6.73. The summed E-state index contributed by atoms with van der Waals surface area (Å²) in [4.78, 5) is 21.2. The molecule has 28 heavy (non-hydrogen) atoms. The average Bonchev–Trinajstić information content (AvgIpc) is 2.70. The number of anilines is 1. The third-order valence-electron chi connectivity index (χ3n) is 5.54. The first-order valence-electron chi connectivity index (χ1n) is 10.3. The lowest BCUT2D eigenvalue weighted by Crippen LogP contribution is -2.36. The highest BCUT2D eigenvalue weighted by molar-refractivity contribution is 5.89. The highest BCUT2D eigenvalue weighted by Crippen LogP contribution is 2.20. The van der Waals surface area contributed by atoms with Crippen molar-refractivity contribution in [1.82, 2.24) is 14.8 Å². The molecule has 1 saturated heterocycles. The van der Waals surface area contributed by atoms with Crippen molar-refractivity contribution in [2.24, 2.45) is 0 Å². The van der Waals surface area contributed by atoms with Gasteiger partial charge in [-0.05, 0) is 62.1 Å². The number of carbonyl (C=O) groups excluding carboxylic acids is 1. The maximum Gasteiger partial charge on any atom is 0.321 e. The van der Waals surface area contributed by atoms with E-state index in [9.17, 15) is 4.79 Å². The maximum absolute atomic E-state index is 12.6.